The highest BCUT2D eigenvalue weighted by Gasteiger charge is 2.39. The summed E-state index contributed by atoms with van der Waals surface area (Å²) >= 11 is 0. The number of carbonyl (C=O) groups is 1. The lowest BCUT2D eigenvalue weighted by molar-refractivity contribution is -0.129. The first-order valence-electron chi connectivity index (χ1n) is 10.7. The van der Waals surface area contributed by atoms with Gasteiger partial charge < -0.3 is 15.0 Å². The molecule has 1 amide bonds. The van der Waals surface area contributed by atoms with Crippen LogP contribution in [0.1, 0.15) is 45.4 Å². The number of nitrogens with zero attached hydrogens (tertiary/aromatic N) is 2. The van der Waals surface area contributed by atoms with E-state index >= 15 is 0 Å². The molecule has 3 rings (SSSR count). The van der Waals surface area contributed by atoms with Crippen LogP contribution in [0.3, 0.4) is 0 Å². The molecule has 2 fully saturated rings. The van der Waals surface area contributed by atoms with E-state index in [1.807, 2.05) is 6.92 Å². The predicted octanol–water partition coefficient (Wildman–Crippen LogP) is 3.47. The molecule has 1 N–H and O–H groups in total. The SMILES string of the molecule is CCC(Oc1ccc(F)cc1)C(=O)NCC1(N2CCN(C)CC2)CCCCC1.Cl. The molecule has 164 valence electrons. The summed E-state index contributed by atoms with van der Waals surface area (Å²) in [6.45, 7) is 6.91. The Bertz CT molecular complexity index is 629. The van der Waals surface area contributed by atoms with Crippen molar-refractivity contribution in [2.45, 2.75) is 57.1 Å². The maximum atomic E-state index is 13.1. The number of piperazine rings is 1. The number of halogens is 2. The number of ether oxygens (including phenoxy) is 1. The zero-order chi connectivity index (χ0) is 20.0. The Morgan fingerprint density at radius 2 is 1.76 bits per heavy atom. The minimum Gasteiger partial charge on any atom is -0.481 e. The molecule has 0 radical (unpaired) electrons. The number of hydrogen-bond donors (Lipinski definition) is 1. The van der Waals surface area contributed by atoms with Crippen LogP contribution in [0.5, 0.6) is 5.75 Å². The predicted molar refractivity (Wildman–Crippen MR) is 116 cm³/mol. The highest BCUT2D eigenvalue weighted by Crippen LogP contribution is 2.34. The quantitative estimate of drug-likeness (QED) is 0.723. The fourth-order valence-electron chi connectivity index (χ4n) is 4.46. The summed E-state index contributed by atoms with van der Waals surface area (Å²) in [7, 11) is 2.17. The summed E-state index contributed by atoms with van der Waals surface area (Å²) in [5, 5.41) is 3.19. The van der Waals surface area contributed by atoms with Gasteiger partial charge in [-0.15, -0.1) is 12.4 Å². The molecule has 0 aromatic heterocycles. The maximum absolute atomic E-state index is 13.1. The number of rotatable bonds is 7. The third kappa shape index (κ3) is 6.30. The van der Waals surface area contributed by atoms with E-state index in [1.165, 1.54) is 31.4 Å². The largest absolute Gasteiger partial charge is 0.481 e. The molecule has 1 aliphatic carbocycles. The highest BCUT2D eigenvalue weighted by molar-refractivity contribution is 5.85. The molecule has 5 nitrogen and oxygen atoms in total. The van der Waals surface area contributed by atoms with Crippen LogP contribution in [-0.4, -0.2) is 67.1 Å². The molecule has 1 aliphatic heterocycles. The topological polar surface area (TPSA) is 44.8 Å². The van der Waals surface area contributed by atoms with Crippen molar-refractivity contribution in [1.82, 2.24) is 15.1 Å². The number of carbonyl (C=O) groups excluding carboxylic acids is 1. The van der Waals surface area contributed by atoms with Crippen molar-refractivity contribution >= 4 is 18.3 Å². The second kappa shape index (κ2) is 11.1. The van der Waals surface area contributed by atoms with Gasteiger partial charge in [0.05, 0.1) is 0 Å². The van der Waals surface area contributed by atoms with E-state index in [0.717, 1.165) is 39.0 Å². The standard InChI is InChI=1S/C22H34FN3O2.ClH/c1-3-20(28-19-9-7-18(23)8-10-19)21(27)24-17-22(11-5-4-6-12-22)26-15-13-25(2)14-16-26;/h7-10,20H,3-6,11-17H2,1-2H3,(H,24,27);1H. The molecule has 29 heavy (non-hydrogen) atoms. The molecule has 1 heterocycles. The first-order chi connectivity index (χ1) is 13.5. The van der Waals surface area contributed by atoms with E-state index in [0.29, 0.717) is 18.7 Å². The van der Waals surface area contributed by atoms with Gasteiger partial charge in [-0.3, -0.25) is 9.69 Å². The molecule has 1 saturated heterocycles. The van der Waals surface area contributed by atoms with Gasteiger partial charge in [0.2, 0.25) is 0 Å². The molecule has 1 aromatic rings. The van der Waals surface area contributed by atoms with Crippen molar-refractivity contribution in [2.75, 3.05) is 39.8 Å². The third-order valence-electron chi connectivity index (χ3n) is 6.31. The van der Waals surface area contributed by atoms with Crippen molar-refractivity contribution < 1.29 is 13.9 Å². The summed E-state index contributed by atoms with van der Waals surface area (Å²) in [5.41, 5.74) is 0.0728. The fourth-order valence-corrected chi connectivity index (χ4v) is 4.46. The number of hydrogen-bond acceptors (Lipinski definition) is 4. The zero-order valence-electron chi connectivity index (χ0n) is 17.7. The maximum Gasteiger partial charge on any atom is 0.261 e. The lowest BCUT2D eigenvalue weighted by Crippen LogP contribution is -2.62. The summed E-state index contributed by atoms with van der Waals surface area (Å²) in [5.74, 6) is 0.136. The zero-order valence-corrected chi connectivity index (χ0v) is 18.5. The van der Waals surface area contributed by atoms with Crippen LogP contribution in [0.25, 0.3) is 0 Å². The summed E-state index contributed by atoms with van der Waals surface area (Å²) in [6, 6.07) is 5.84. The first-order valence-corrected chi connectivity index (χ1v) is 10.7. The van der Waals surface area contributed by atoms with Crippen molar-refractivity contribution in [2.24, 2.45) is 0 Å². The fraction of sp³-hybridized carbons (Fsp3) is 0.682. The average molecular weight is 428 g/mol. The Morgan fingerprint density at radius 1 is 1.14 bits per heavy atom. The average Bonchev–Trinajstić information content (AvgIpc) is 2.73. The van der Waals surface area contributed by atoms with Gasteiger partial charge in [-0.05, 0) is 50.6 Å². The molecule has 1 atom stereocenters. The normalized spacial score (nSPS) is 21.1. The van der Waals surface area contributed by atoms with Gasteiger partial charge in [0.15, 0.2) is 6.10 Å². The van der Waals surface area contributed by atoms with Gasteiger partial charge in [-0.2, -0.15) is 0 Å². The number of amides is 1. The van der Waals surface area contributed by atoms with E-state index in [2.05, 4.69) is 22.2 Å². The first kappa shape index (κ1) is 23.9. The van der Waals surface area contributed by atoms with Crippen LogP contribution in [0, 0.1) is 5.82 Å². The Kier molecular flexibility index (Phi) is 9.18. The smallest absolute Gasteiger partial charge is 0.261 e. The molecular weight excluding hydrogens is 393 g/mol. The van der Waals surface area contributed by atoms with Gasteiger partial charge in [0.1, 0.15) is 11.6 Å². The minimum atomic E-state index is -0.557. The van der Waals surface area contributed by atoms with Gasteiger partial charge in [-0.25, -0.2) is 4.39 Å². The Labute approximate surface area is 180 Å². The summed E-state index contributed by atoms with van der Waals surface area (Å²) in [6.07, 6.45) is 6.05. The number of nitrogens with one attached hydrogen (secondary N) is 1. The second-order valence-electron chi connectivity index (χ2n) is 8.26. The van der Waals surface area contributed by atoms with Gasteiger partial charge in [0.25, 0.3) is 5.91 Å². The Hall–Kier alpha value is -1.37. The van der Waals surface area contributed by atoms with Gasteiger partial charge in [-0.1, -0.05) is 26.2 Å². The Morgan fingerprint density at radius 3 is 2.34 bits per heavy atom. The lowest BCUT2D eigenvalue weighted by atomic mass is 9.79. The second-order valence-corrected chi connectivity index (χ2v) is 8.26. The molecule has 7 heteroatoms. The van der Waals surface area contributed by atoms with Gasteiger partial charge >= 0.3 is 0 Å². The van der Waals surface area contributed by atoms with Crippen molar-refractivity contribution in [1.29, 1.82) is 0 Å². The van der Waals surface area contributed by atoms with E-state index in [4.69, 9.17) is 4.74 Å². The molecule has 1 aromatic carbocycles. The van der Waals surface area contributed by atoms with Crippen molar-refractivity contribution in [3.63, 3.8) is 0 Å². The molecule has 1 unspecified atom stereocenters. The van der Waals surface area contributed by atoms with Crippen LogP contribution in [-0.2, 0) is 4.79 Å². The molecule has 0 bridgehead atoms. The molecular formula is C22H35ClFN3O2. The number of benzene rings is 1. The van der Waals surface area contributed by atoms with Crippen LogP contribution >= 0.6 is 12.4 Å². The summed E-state index contributed by atoms with van der Waals surface area (Å²) < 4.78 is 18.9. The van der Waals surface area contributed by atoms with E-state index < -0.39 is 6.10 Å². The monoisotopic (exact) mass is 427 g/mol. The minimum absolute atomic E-state index is 0. The molecule has 2 aliphatic rings. The Balaban J connectivity index is 0.00000300. The lowest BCUT2D eigenvalue weighted by Gasteiger charge is -2.49. The highest BCUT2D eigenvalue weighted by atomic mass is 35.5. The third-order valence-corrected chi connectivity index (χ3v) is 6.31. The van der Waals surface area contributed by atoms with Crippen LogP contribution in [0.4, 0.5) is 4.39 Å². The van der Waals surface area contributed by atoms with Gasteiger partial charge in [0, 0.05) is 38.3 Å². The van der Waals surface area contributed by atoms with E-state index in [9.17, 15) is 9.18 Å². The number of likely N-dealkylation sites (N-methyl/N-ethyl adjacent to an activating group) is 1. The van der Waals surface area contributed by atoms with E-state index in [-0.39, 0.29) is 29.7 Å². The van der Waals surface area contributed by atoms with Crippen LogP contribution < -0.4 is 10.1 Å². The summed E-state index contributed by atoms with van der Waals surface area (Å²) in [4.78, 5) is 17.8. The molecule has 1 saturated carbocycles. The molecule has 0 spiro atoms. The van der Waals surface area contributed by atoms with E-state index in [1.54, 1.807) is 12.1 Å². The van der Waals surface area contributed by atoms with Crippen molar-refractivity contribution in [3.05, 3.63) is 30.1 Å². The van der Waals surface area contributed by atoms with Crippen molar-refractivity contribution in [3.8, 4) is 5.75 Å². The van der Waals surface area contributed by atoms with Crippen LogP contribution in [0.15, 0.2) is 24.3 Å². The van der Waals surface area contributed by atoms with Crippen LogP contribution in [0.2, 0.25) is 0 Å².